The molecule has 0 aliphatic carbocycles. The van der Waals surface area contributed by atoms with E-state index in [2.05, 4.69) is 46.9 Å². The minimum atomic E-state index is 0. The van der Waals surface area contributed by atoms with Gasteiger partial charge in [-0.15, -0.1) is 12.4 Å². The van der Waals surface area contributed by atoms with Gasteiger partial charge in [0, 0.05) is 36.3 Å². The molecule has 6 heteroatoms. The summed E-state index contributed by atoms with van der Waals surface area (Å²) >= 11 is 0. The van der Waals surface area contributed by atoms with Gasteiger partial charge in [0.05, 0.1) is 12.2 Å². The first-order chi connectivity index (χ1) is 13.1. The molecule has 152 valence electrons. The molecule has 0 radical (unpaired) electrons. The van der Waals surface area contributed by atoms with Crippen molar-refractivity contribution in [2.45, 2.75) is 71.1 Å². The van der Waals surface area contributed by atoms with Crippen LogP contribution in [0.25, 0.3) is 0 Å². The molecular formula is C22H31ClN4O. The zero-order valence-electron chi connectivity index (χ0n) is 16.8. The number of benzene rings is 1. The Bertz CT molecular complexity index is 792. The second-order valence-electron chi connectivity index (χ2n) is 8.25. The number of nitrogens with zero attached hydrogens (tertiary/aromatic N) is 2. The molecule has 2 aromatic rings. The van der Waals surface area contributed by atoms with Crippen LogP contribution in [0.5, 0.6) is 0 Å². The molecule has 1 aromatic heterocycles. The van der Waals surface area contributed by atoms with Gasteiger partial charge in [-0.2, -0.15) is 5.10 Å². The minimum absolute atomic E-state index is 0. The molecule has 2 bridgehead atoms. The van der Waals surface area contributed by atoms with Gasteiger partial charge in [0.2, 0.25) is 5.91 Å². The van der Waals surface area contributed by atoms with E-state index in [1.807, 2.05) is 17.7 Å². The third kappa shape index (κ3) is 4.76. The lowest BCUT2D eigenvalue weighted by atomic mass is 9.89. The fraction of sp³-hybridized carbons (Fsp3) is 0.545. The number of aromatic nitrogens is 2. The third-order valence-corrected chi connectivity index (χ3v) is 6.21. The Hall–Kier alpha value is -1.85. The Balaban J connectivity index is 0.00000225. The van der Waals surface area contributed by atoms with E-state index in [-0.39, 0.29) is 18.3 Å². The summed E-state index contributed by atoms with van der Waals surface area (Å²) in [6, 6.07) is 11.6. The van der Waals surface area contributed by atoms with Gasteiger partial charge in [0.1, 0.15) is 0 Å². The predicted octanol–water partition coefficient (Wildman–Crippen LogP) is 3.51. The maximum atomic E-state index is 12.5. The van der Waals surface area contributed by atoms with Gasteiger partial charge >= 0.3 is 0 Å². The van der Waals surface area contributed by atoms with Crippen LogP contribution in [0.1, 0.15) is 54.6 Å². The van der Waals surface area contributed by atoms with E-state index in [4.69, 9.17) is 0 Å². The SMILES string of the molecule is Cc1nn(Cc2ccccc2)c(C)c1CNC(=O)CC1CC2CCC(C1)N2.Cl. The van der Waals surface area contributed by atoms with Crippen molar-refractivity contribution in [1.29, 1.82) is 0 Å². The first kappa shape index (κ1) is 20.9. The Labute approximate surface area is 173 Å². The highest BCUT2D eigenvalue weighted by Gasteiger charge is 2.34. The molecule has 5 nitrogen and oxygen atoms in total. The van der Waals surface area contributed by atoms with Gasteiger partial charge in [-0.1, -0.05) is 30.3 Å². The number of piperidine rings is 1. The van der Waals surface area contributed by atoms with E-state index in [0.717, 1.165) is 36.3 Å². The largest absolute Gasteiger partial charge is 0.352 e. The smallest absolute Gasteiger partial charge is 0.220 e. The van der Waals surface area contributed by atoms with Crippen LogP contribution >= 0.6 is 12.4 Å². The molecule has 0 saturated carbocycles. The first-order valence-electron chi connectivity index (χ1n) is 10.2. The van der Waals surface area contributed by atoms with Crippen molar-refractivity contribution in [2.75, 3.05) is 0 Å². The number of amides is 1. The first-order valence-corrected chi connectivity index (χ1v) is 10.2. The van der Waals surface area contributed by atoms with Crippen molar-refractivity contribution < 1.29 is 4.79 Å². The van der Waals surface area contributed by atoms with Crippen molar-refractivity contribution in [2.24, 2.45) is 5.92 Å². The summed E-state index contributed by atoms with van der Waals surface area (Å²) in [5, 5.41) is 11.5. The lowest BCUT2D eigenvalue weighted by Gasteiger charge is -2.28. The molecule has 2 N–H and O–H groups in total. The van der Waals surface area contributed by atoms with E-state index >= 15 is 0 Å². The molecule has 0 spiro atoms. The van der Waals surface area contributed by atoms with Crippen molar-refractivity contribution in [3.63, 3.8) is 0 Å². The second kappa shape index (κ2) is 9.10. The molecule has 2 atom stereocenters. The van der Waals surface area contributed by atoms with E-state index < -0.39 is 0 Å². The minimum Gasteiger partial charge on any atom is -0.352 e. The number of carbonyl (C=O) groups is 1. The van der Waals surface area contributed by atoms with Gasteiger partial charge in [-0.25, -0.2) is 0 Å². The molecule has 2 saturated heterocycles. The normalized spacial score (nSPS) is 23.3. The summed E-state index contributed by atoms with van der Waals surface area (Å²) in [4.78, 5) is 12.5. The maximum absolute atomic E-state index is 12.5. The summed E-state index contributed by atoms with van der Waals surface area (Å²) in [7, 11) is 0. The van der Waals surface area contributed by atoms with Crippen LogP contribution in [-0.4, -0.2) is 27.8 Å². The van der Waals surface area contributed by atoms with Gasteiger partial charge in [0.15, 0.2) is 0 Å². The van der Waals surface area contributed by atoms with Crippen molar-refractivity contribution in [1.82, 2.24) is 20.4 Å². The highest BCUT2D eigenvalue weighted by molar-refractivity contribution is 5.85. The van der Waals surface area contributed by atoms with Crippen LogP contribution in [0.3, 0.4) is 0 Å². The van der Waals surface area contributed by atoms with E-state index in [9.17, 15) is 4.79 Å². The van der Waals surface area contributed by atoms with Crippen LogP contribution < -0.4 is 10.6 Å². The van der Waals surface area contributed by atoms with E-state index in [0.29, 0.717) is 31.0 Å². The number of halogens is 1. The molecular weight excluding hydrogens is 372 g/mol. The number of aryl methyl sites for hydroxylation is 1. The van der Waals surface area contributed by atoms with E-state index in [1.54, 1.807) is 0 Å². The molecule has 2 aliphatic heterocycles. The number of hydrogen-bond acceptors (Lipinski definition) is 3. The quantitative estimate of drug-likeness (QED) is 0.777. The molecule has 2 fully saturated rings. The zero-order valence-corrected chi connectivity index (χ0v) is 17.6. The van der Waals surface area contributed by atoms with Gasteiger partial charge in [-0.05, 0) is 51.0 Å². The monoisotopic (exact) mass is 402 g/mol. The summed E-state index contributed by atoms with van der Waals surface area (Å²) in [5.41, 5.74) is 4.52. The molecule has 2 aliphatic rings. The van der Waals surface area contributed by atoms with Crippen LogP contribution in [0, 0.1) is 19.8 Å². The Morgan fingerprint density at radius 1 is 1.18 bits per heavy atom. The topological polar surface area (TPSA) is 59.0 Å². The Morgan fingerprint density at radius 2 is 1.86 bits per heavy atom. The summed E-state index contributed by atoms with van der Waals surface area (Å²) < 4.78 is 2.04. The van der Waals surface area contributed by atoms with Crippen LogP contribution in [0.4, 0.5) is 0 Å². The van der Waals surface area contributed by atoms with Gasteiger partial charge in [-0.3, -0.25) is 9.48 Å². The van der Waals surface area contributed by atoms with Crippen molar-refractivity contribution in [3.05, 3.63) is 52.8 Å². The number of nitrogens with one attached hydrogen (secondary N) is 2. The van der Waals surface area contributed by atoms with Crippen molar-refractivity contribution in [3.8, 4) is 0 Å². The number of fused-ring (bicyclic) bond motifs is 2. The van der Waals surface area contributed by atoms with Crippen LogP contribution in [-0.2, 0) is 17.9 Å². The average molecular weight is 403 g/mol. The Kier molecular flexibility index (Phi) is 6.78. The third-order valence-electron chi connectivity index (χ3n) is 6.21. The summed E-state index contributed by atoms with van der Waals surface area (Å²) in [6.45, 7) is 5.46. The predicted molar refractivity (Wildman–Crippen MR) is 114 cm³/mol. The van der Waals surface area contributed by atoms with E-state index in [1.165, 1.54) is 18.4 Å². The van der Waals surface area contributed by atoms with Gasteiger partial charge < -0.3 is 10.6 Å². The zero-order chi connectivity index (χ0) is 18.8. The maximum Gasteiger partial charge on any atom is 0.220 e. The highest BCUT2D eigenvalue weighted by atomic mass is 35.5. The number of rotatable bonds is 6. The fourth-order valence-corrected chi connectivity index (χ4v) is 4.76. The molecule has 28 heavy (non-hydrogen) atoms. The lowest BCUT2D eigenvalue weighted by Crippen LogP contribution is -2.39. The molecule has 4 rings (SSSR count). The van der Waals surface area contributed by atoms with Crippen LogP contribution in [0.2, 0.25) is 0 Å². The Morgan fingerprint density at radius 3 is 2.54 bits per heavy atom. The lowest BCUT2D eigenvalue weighted by molar-refractivity contribution is -0.122. The number of hydrogen-bond donors (Lipinski definition) is 2. The summed E-state index contributed by atoms with van der Waals surface area (Å²) in [6.07, 6.45) is 5.52. The number of carbonyl (C=O) groups excluding carboxylic acids is 1. The second-order valence-corrected chi connectivity index (χ2v) is 8.25. The molecule has 1 aromatic carbocycles. The molecule has 3 heterocycles. The molecule has 2 unspecified atom stereocenters. The van der Waals surface area contributed by atoms with Gasteiger partial charge in [0.25, 0.3) is 0 Å². The fourth-order valence-electron chi connectivity index (χ4n) is 4.76. The standard InChI is InChI=1S/C22H30N4O.ClH/c1-15-21(16(2)26(25-15)14-17-6-4-3-5-7-17)13-23-22(27)12-18-10-19-8-9-20(11-18)24-19;/h3-7,18-20,24H,8-14H2,1-2H3,(H,23,27);1H. The van der Waals surface area contributed by atoms with Crippen LogP contribution in [0.15, 0.2) is 30.3 Å². The average Bonchev–Trinajstić information content (AvgIpc) is 3.12. The molecule has 1 amide bonds. The van der Waals surface area contributed by atoms with Crippen molar-refractivity contribution >= 4 is 18.3 Å². The highest BCUT2D eigenvalue weighted by Crippen LogP contribution is 2.32. The summed E-state index contributed by atoms with van der Waals surface area (Å²) in [5.74, 6) is 0.711.